The molecule has 0 radical (unpaired) electrons. The molecule has 0 spiro atoms. The molecule has 0 unspecified atom stereocenters. The molecule has 2 rings (SSSR count). The van der Waals surface area contributed by atoms with E-state index in [9.17, 15) is 26.4 Å². The number of alkyl halides is 3. The standard InChI is InChI=1S/C16H20F3NO5S/c1-15(2,3)24-14(21)20-13-6-4-5-10-9-11(7-8-12(10)13)25-26(22,23)16(17,18)19/h7-9,13H,4-6H2,1-3H3,(H,20,21)/t13-/m1/s1. The van der Waals surface area contributed by atoms with E-state index >= 15 is 0 Å². The lowest BCUT2D eigenvalue weighted by molar-refractivity contribution is -0.0500. The molecule has 1 atom stereocenters. The molecular formula is C16H20F3NO5S. The largest absolute Gasteiger partial charge is 0.534 e. The Morgan fingerprint density at radius 3 is 2.46 bits per heavy atom. The van der Waals surface area contributed by atoms with Crippen molar-refractivity contribution in [2.75, 3.05) is 0 Å². The topological polar surface area (TPSA) is 81.7 Å². The van der Waals surface area contributed by atoms with E-state index in [1.165, 1.54) is 12.1 Å². The van der Waals surface area contributed by atoms with Gasteiger partial charge in [-0.2, -0.15) is 21.6 Å². The molecule has 6 nitrogen and oxygen atoms in total. The van der Waals surface area contributed by atoms with E-state index in [0.717, 1.165) is 6.07 Å². The minimum absolute atomic E-state index is 0.373. The maximum atomic E-state index is 12.4. The first kappa shape index (κ1) is 20.3. The van der Waals surface area contributed by atoms with Crippen LogP contribution in [0.1, 0.15) is 50.8 Å². The third-order valence-electron chi connectivity index (χ3n) is 3.61. The lowest BCUT2D eigenvalue weighted by atomic mass is 9.87. The van der Waals surface area contributed by atoms with Crippen LogP contribution in [0.5, 0.6) is 5.75 Å². The van der Waals surface area contributed by atoms with Crippen LogP contribution in [0, 0.1) is 0 Å². The van der Waals surface area contributed by atoms with E-state index in [1.54, 1.807) is 20.8 Å². The van der Waals surface area contributed by atoms with Crippen molar-refractivity contribution >= 4 is 16.2 Å². The van der Waals surface area contributed by atoms with Crippen LogP contribution in [0.25, 0.3) is 0 Å². The Bertz CT molecular complexity index is 784. The third kappa shape index (κ3) is 5.03. The second-order valence-corrected chi connectivity index (χ2v) is 8.47. The van der Waals surface area contributed by atoms with Gasteiger partial charge in [-0.1, -0.05) is 6.07 Å². The van der Waals surface area contributed by atoms with Crippen LogP contribution in [0.4, 0.5) is 18.0 Å². The monoisotopic (exact) mass is 395 g/mol. The molecule has 0 fully saturated rings. The second-order valence-electron chi connectivity index (χ2n) is 6.93. The number of aryl methyl sites for hydroxylation is 1. The first-order valence-electron chi connectivity index (χ1n) is 7.91. The van der Waals surface area contributed by atoms with Crippen molar-refractivity contribution in [3.05, 3.63) is 29.3 Å². The molecule has 0 aliphatic heterocycles. The summed E-state index contributed by atoms with van der Waals surface area (Å²) >= 11 is 0. The summed E-state index contributed by atoms with van der Waals surface area (Å²) in [6, 6.07) is 3.47. The smallest absolute Gasteiger partial charge is 0.444 e. The Morgan fingerprint density at radius 1 is 1.23 bits per heavy atom. The van der Waals surface area contributed by atoms with Crippen LogP contribution in [0.2, 0.25) is 0 Å². The summed E-state index contributed by atoms with van der Waals surface area (Å²) < 4.78 is 68.8. The summed E-state index contributed by atoms with van der Waals surface area (Å²) in [7, 11) is -5.72. The fourth-order valence-corrected chi connectivity index (χ4v) is 3.07. The van der Waals surface area contributed by atoms with Crippen molar-refractivity contribution < 1.29 is 35.3 Å². The Morgan fingerprint density at radius 2 is 1.88 bits per heavy atom. The fraction of sp³-hybridized carbons (Fsp3) is 0.562. The molecule has 1 N–H and O–H groups in total. The summed E-state index contributed by atoms with van der Waals surface area (Å²) in [5, 5.41) is 2.72. The maximum Gasteiger partial charge on any atom is 0.534 e. The number of benzene rings is 1. The quantitative estimate of drug-likeness (QED) is 0.622. The van der Waals surface area contributed by atoms with Gasteiger partial charge in [0.25, 0.3) is 0 Å². The summed E-state index contributed by atoms with van der Waals surface area (Å²) in [4.78, 5) is 11.9. The number of fused-ring (bicyclic) bond motifs is 1. The number of alkyl carbamates (subject to hydrolysis) is 1. The Labute approximate surface area is 149 Å². The van der Waals surface area contributed by atoms with Gasteiger partial charge in [0.1, 0.15) is 11.4 Å². The van der Waals surface area contributed by atoms with Crippen molar-refractivity contribution in [2.45, 2.75) is 57.2 Å². The van der Waals surface area contributed by atoms with Crippen LogP contribution in [-0.4, -0.2) is 25.6 Å². The molecule has 0 heterocycles. The van der Waals surface area contributed by atoms with Crippen LogP contribution in [0.3, 0.4) is 0 Å². The normalized spacial score (nSPS) is 18.0. The average molecular weight is 395 g/mol. The van der Waals surface area contributed by atoms with E-state index in [-0.39, 0.29) is 6.04 Å². The van der Waals surface area contributed by atoms with Gasteiger partial charge in [0.2, 0.25) is 0 Å². The summed E-state index contributed by atoms with van der Waals surface area (Å²) in [5.74, 6) is -0.418. The van der Waals surface area contributed by atoms with Crippen LogP contribution in [0.15, 0.2) is 18.2 Å². The number of hydrogen-bond donors (Lipinski definition) is 1. The van der Waals surface area contributed by atoms with Gasteiger partial charge in [0.15, 0.2) is 0 Å². The minimum atomic E-state index is -5.72. The molecular weight excluding hydrogens is 375 g/mol. The highest BCUT2D eigenvalue weighted by molar-refractivity contribution is 7.88. The number of rotatable bonds is 3. The number of carbonyl (C=O) groups excluding carboxylic acids is 1. The van der Waals surface area contributed by atoms with Gasteiger partial charge in [0.05, 0.1) is 6.04 Å². The molecule has 1 aliphatic rings. The van der Waals surface area contributed by atoms with Gasteiger partial charge in [-0.05, 0) is 63.3 Å². The number of nitrogens with one attached hydrogen (secondary N) is 1. The van der Waals surface area contributed by atoms with E-state index in [0.29, 0.717) is 30.4 Å². The third-order valence-corrected chi connectivity index (χ3v) is 4.59. The van der Waals surface area contributed by atoms with Gasteiger partial charge in [0, 0.05) is 0 Å². The predicted octanol–water partition coefficient (Wildman–Crippen LogP) is 3.82. The van der Waals surface area contributed by atoms with Crippen LogP contribution < -0.4 is 9.50 Å². The Hall–Kier alpha value is -1.97. The molecule has 0 aromatic heterocycles. The zero-order chi connectivity index (χ0) is 19.8. The number of hydrogen-bond acceptors (Lipinski definition) is 5. The summed E-state index contributed by atoms with van der Waals surface area (Å²) in [6.45, 7) is 5.18. The van der Waals surface area contributed by atoms with Crippen LogP contribution >= 0.6 is 0 Å². The van der Waals surface area contributed by atoms with Gasteiger partial charge >= 0.3 is 21.7 Å². The van der Waals surface area contributed by atoms with Crippen molar-refractivity contribution in [3.8, 4) is 5.75 Å². The predicted molar refractivity (Wildman–Crippen MR) is 87.1 cm³/mol. The second kappa shape index (κ2) is 6.98. The zero-order valence-electron chi connectivity index (χ0n) is 14.5. The number of carbonyl (C=O) groups is 1. The highest BCUT2D eigenvalue weighted by Crippen LogP contribution is 2.34. The zero-order valence-corrected chi connectivity index (χ0v) is 15.3. The molecule has 1 aromatic carbocycles. The fourth-order valence-electron chi connectivity index (χ4n) is 2.62. The van der Waals surface area contributed by atoms with Crippen molar-refractivity contribution in [1.29, 1.82) is 0 Å². The molecule has 146 valence electrons. The summed E-state index contributed by atoms with van der Waals surface area (Å²) in [6.07, 6.45) is 1.23. The molecule has 0 saturated heterocycles. The number of amides is 1. The molecule has 1 aromatic rings. The van der Waals surface area contributed by atoms with Gasteiger partial charge in [-0.3, -0.25) is 0 Å². The Balaban J connectivity index is 2.18. The lowest BCUT2D eigenvalue weighted by Gasteiger charge is -2.28. The van der Waals surface area contributed by atoms with Crippen molar-refractivity contribution in [1.82, 2.24) is 5.32 Å². The molecule has 1 aliphatic carbocycles. The molecule has 26 heavy (non-hydrogen) atoms. The van der Waals surface area contributed by atoms with Gasteiger partial charge < -0.3 is 14.2 Å². The molecule has 10 heteroatoms. The van der Waals surface area contributed by atoms with Crippen molar-refractivity contribution in [3.63, 3.8) is 0 Å². The minimum Gasteiger partial charge on any atom is -0.444 e. The van der Waals surface area contributed by atoms with Gasteiger partial charge in [-0.25, -0.2) is 4.79 Å². The molecule has 1 amide bonds. The van der Waals surface area contributed by atoms with Crippen LogP contribution in [-0.2, 0) is 21.3 Å². The van der Waals surface area contributed by atoms with Crippen molar-refractivity contribution in [2.24, 2.45) is 0 Å². The number of ether oxygens (including phenoxy) is 1. The van der Waals surface area contributed by atoms with E-state index in [1.807, 2.05) is 0 Å². The highest BCUT2D eigenvalue weighted by atomic mass is 32.2. The number of halogens is 3. The first-order valence-corrected chi connectivity index (χ1v) is 9.32. The highest BCUT2D eigenvalue weighted by Gasteiger charge is 2.48. The maximum absolute atomic E-state index is 12.4. The van der Waals surface area contributed by atoms with E-state index < -0.39 is 33.1 Å². The SMILES string of the molecule is CC(C)(C)OC(=O)N[C@@H]1CCCc2cc(OS(=O)(=O)C(F)(F)F)ccc21. The van der Waals surface area contributed by atoms with E-state index in [4.69, 9.17) is 4.74 Å². The summed E-state index contributed by atoms with van der Waals surface area (Å²) in [5.41, 5.74) is -4.85. The van der Waals surface area contributed by atoms with E-state index in [2.05, 4.69) is 9.50 Å². The average Bonchev–Trinajstić information content (AvgIpc) is 2.43. The molecule has 0 saturated carbocycles. The molecule has 0 bridgehead atoms. The van der Waals surface area contributed by atoms with Gasteiger partial charge in [-0.15, -0.1) is 0 Å². The Kier molecular flexibility index (Phi) is 5.46. The lowest BCUT2D eigenvalue weighted by Crippen LogP contribution is -2.36. The first-order chi connectivity index (χ1) is 11.8.